The van der Waals surface area contributed by atoms with Crippen molar-refractivity contribution in [1.29, 1.82) is 0 Å². The van der Waals surface area contributed by atoms with E-state index < -0.39 is 6.04 Å². The lowest BCUT2D eigenvalue weighted by Gasteiger charge is -2.35. The molecular weight excluding hydrogens is 447 g/mol. The third-order valence-corrected chi connectivity index (χ3v) is 7.23. The van der Waals surface area contributed by atoms with Gasteiger partial charge in [0.2, 0.25) is 17.7 Å². The molecule has 1 aliphatic heterocycles. The van der Waals surface area contributed by atoms with Gasteiger partial charge < -0.3 is 20.3 Å². The number of likely N-dealkylation sites (tertiary alicyclic amines) is 1. The van der Waals surface area contributed by atoms with E-state index in [9.17, 15) is 14.0 Å². The summed E-state index contributed by atoms with van der Waals surface area (Å²) in [5.41, 5.74) is 0.945. The number of nitrogens with zero attached hydrogens (tertiary/aromatic N) is 2. The highest BCUT2D eigenvalue weighted by atomic mass is 19.1. The summed E-state index contributed by atoms with van der Waals surface area (Å²) in [6.07, 6.45) is 8.66. The Hall–Kier alpha value is -3.00. The number of nitrogens with one attached hydrogen (secondary N) is 2. The molecule has 2 amide bonds. The monoisotopic (exact) mass is 482 g/mol. The number of pyridine rings is 1. The van der Waals surface area contributed by atoms with Crippen LogP contribution < -0.4 is 15.4 Å². The first-order chi connectivity index (χ1) is 17.0. The van der Waals surface area contributed by atoms with Gasteiger partial charge in [-0.25, -0.2) is 9.37 Å². The van der Waals surface area contributed by atoms with Gasteiger partial charge in [-0.15, -0.1) is 0 Å². The molecule has 1 aromatic heterocycles. The van der Waals surface area contributed by atoms with E-state index >= 15 is 0 Å². The number of halogens is 1. The zero-order valence-electron chi connectivity index (χ0n) is 20.5. The van der Waals surface area contributed by atoms with Crippen molar-refractivity contribution in [3.63, 3.8) is 0 Å². The van der Waals surface area contributed by atoms with E-state index in [0.717, 1.165) is 44.1 Å². The Kier molecular flexibility index (Phi) is 8.33. The van der Waals surface area contributed by atoms with Crippen molar-refractivity contribution in [2.75, 3.05) is 13.6 Å². The van der Waals surface area contributed by atoms with Gasteiger partial charge in [-0.1, -0.05) is 19.3 Å². The first kappa shape index (κ1) is 25.1. The molecule has 188 valence electrons. The summed E-state index contributed by atoms with van der Waals surface area (Å²) >= 11 is 0. The second-order valence-electron chi connectivity index (χ2n) is 9.57. The quantitative estimate of drug-likeness (QED) is 0.585. The fourth-order valence-electron chi connectivity index (χ4n) is 5.13. The Labute approximate surface area is 206 Å². The summed E-state index contributed by atoms with van der Waals surface area (Å²) in [6, 6.07) is 8.55. The number of rotatable bonds is 8. The lowest BCUT2D eigenvalue weighted by molar-refractivity contribution is -0.139. The molecule has 2 N–H and O–H groups in total. The van der Waals surface area contributed by atoms with Gasteiger partial charge in [0.15, 0.2) is 0 Å². The standard InChI is InChI=1S/C27H35FN4O3/c1-18(29-2)26(33)31-25(19-7-4-3-5-8-19)27(34)32-16-6-9-23(32)20-14-15-30-24(17-20)35-22-12-10-21(28)11-13-22/h10-15,17-19,23,25,29H,3-9,16H2,1-2H3,(H,31,33)/t18?,23-,25?/m0/s1. The Balaban J connectivity index is 1.53. The summed E-state index contributed by atoms with van der Waals surface area (Å²) in [6.45, 7) is 2.46. The molecule has 8 heteroatoms. The van der Waals surface area contributed by atoms with Gasteiger partial charge in [0.25, 0.3) is 0 Å². The van der Waals surface area contributed by atoms with Crippen molar-refractivity contribution in [2.45, 2.75) is 70.0 Å². The van der Waals surface area contributed by atoms with Gasteiger partial charge in [-0.3, -0.25) is 9.59 Å². The smallest absolute Gasteiger partial charge is 0.245 e. The van der Waals surface area contributed by atoms with Crippen LogP contribution in [-0.2, 0) is 9.59 Å². The summed E-state index contributed by atoms with van der Waals surface area (Å²) in [7, 11) is 1.74. The summed E-state index contributed by atoms with van der Waals surface area (Å²) in [4.78, 5) is 32.8. The van der Waals surface area contributed by atoms with Crippen molar-refractivity contribution in [1.82, 2.24) is 20.5 Å². The summed E-state index contributed by atoms with van der Waals surface area (Å²) in [5, 5.41) is 6.04. The second kappa shape index (κ2) is 11.6. The molecule has 3 atom stereocenters. The Bertz CT molecular complexity index is 1010. The van der Waals surface area contributed by atoms with Crippen molar-refractivity contribution in [3.8, 4) is 11.6 Å². The molecule has 2 unspecified atom stereocenters. The third-order valence-electron chi connectivity index (χ3n) is 7.23. The van der Waals surface area contributed by atoms with Crippen LogP contribution in [0, 0.1) is 11.7 Å². The molecule has 2 fully saturated rings. The Morgan fingerprint density at radius 2 is 1.83 bits per heavy atom. The van der Waals surface area contributed by atoms with Crippen LogP contribution >= 0.6 is 0 Å². The first-order valence-electron chi connectivity index (χ1n) is 12.6. The van der Waals surface area contributed by atoms with E-state index in [0.29, 0.717) is 18.2 Å². The predicted molar refractivity (Wildman–Crippen MR) is 131 cm³/mol. The molecule has 2 aliphatic rings. The number of carbonyl (C=O) groups excluding carboxylic acids is 2. The maximum absolute atomic E-state index is 13.9. The summed E-state index contributed by atoms with van der Waals surface area (Å²) in [5.74, 6) is 0.561. The highest BCUT2D eigenvalue weighted by Crippen LogP contribution is 2.36. The minimum Gasteiger partial charge on any atom is -0.439 e. The average molecular weight is 483 g/mol. The minimum absolute atomic E-state index is 0.00568. The van der Waals surface area contributed by atoms with Crippen molar-refractivity contribution in [2.24, 2.45) is 5.92 Å². The number of hydrogen-bond acceptors (Lipinski definition) is 5. The largest absolute Gasteiger partial charge is 0.439 e. The average Bonchev–Trinajstić information content (AvgIpc) is 3.38. The molecule has 2 aromatic rings. The number of likely N-dealkylation sites (N-methyl/N-ethyl adjacent to an activating group) is 1. The highest BCUT2D eigenvalue weighted by molar-refractivity contribution is 5.90. The fraction of sp³-hybridized carbons (Fsp3) is 0.519. The molecule has 35 heavy (non-hydrogen) atoms. The van der Waals surface area contributed by atoms with Crippen LogP contribution in [0.15, 0.2) is 42.6 Å². The van der Waals surface area contributed by atoms with Gasteiger partial charge in [0.05, 0.1) is 12.1 Å². The molecule has 7 nitrogen and oxygen atoms in total. The van der Waals surface area contributed by atoms with E-state index in [1.54, 1.807) is 32.3 Å². The van der Waals surface area contributed by atoms with E-state index in [-0.39, 0.29) is 35.6 Å². The number of benzene rings is 1. The lowest BCUT2D eigenvalue weighted by atomic mass is 9.83. The molecule has 1 saturated heterocycles. The topological polar surface area (TPSA) is 83.6 Å². The number of hydrogen-bond donors (Lipinski definition) is 2. The molecule has 0 spiro atoms. The number of carbonyl (C=O) groups is 2. The Morgan fingerprint density at radius 3 is 2.54 bits per heavy atom. The molecule has 1 aromatic carbocycles. The van der Waals surface area contributed by atoms with E-state index in [1.807, 2.05) is 17.0 Å². The van der Waals surface area contributed by atoms with Crippen LogP contribution in [0.25, 0.3) is 0 Å². The number of amides is 2. The molecule has 1 saturated carbocycles. The number of ether oxygens (including phenoxy) is 1. The molecule has 0 bridgehead atoms. The van der Waals surface area contributed by atoms with Crippen LogP contribution in [0.5, 0.6) is 11.6 Å². The second-order valence-corrected chi connectivity index (χ2v) is 9.57. The van der Waals surface area contributed by atoms with E-state index in [2.05, 4.69) is 15.6 Å². The normalized spacial score (nSPS) is 20.3. The van der Waals surface area contributed by atoms with Crippen molar-refractivity contribution < 1.29 is 18.7 Å². The fourth-order valence-corrected chi connectivity index (χ4v) is 5.13. The van der Waals surface area contributed by atoms with Gasteiger partial charge in [0.1, 0.15) is 17.6 Å². The van der Waals surface area contributed by atoms with Gasteiger partial charge in [-0.2, -0.15) is 0 Å². The van der Waals surface area contributed by atoms with Crippen LogP contribution in [0.2, 0.25) is 0 Å². The SMILES string of the molecule is CNC(C)C(=O)NC(C(=O)N1CCC[C@H]1c1ccnc(Oc2ccc(F)cc2)c1)C1CCCCC1. The van der Waals surface area contributed by atoms with Crippen LogP contribution in [0.4, 0.5) is 4.39 Å². The molecule has 1 aliphatic carbocycles. The minimum atomic E-state index is -0.518. The molecular formula is C27H35FN4O3. The zero-order valence-corrected chi connectivity index (χ0v) is 20.5. The van der Waals surface area contributed by atoms with E-state index in [4.69, 9.17) is 4.74 Å². The maximum atomic E-state index is 13.9. The number of aromatic nitrogens is 1. The van der Waals surface area contributed by atoms with Crippen molar-refractivity contribution in [3.05, 3.63) is 54.0 Å². The van der Waals surface area contributed by atoms with Crippen molar-refractivity contribution >= 4 is 11.8 Å². The van der Waals surface area contributed by atoms with Gasteiger partial charge >= 0.3 is 0 Å². The van der Waals surface area contributed by atoms with E-state index in [1.165, 1.54) is 18.6 Å². The van der Waals surface area contributed by atoms with Gasteiger partial charge in [-0.05, 0) is 81.5 Å². The van der Waals surface area contributed by atoms with Crippen LogP contribution in [-0.4, -0.2) is 47.4 Å². The zero-order chi connectivity index (χ0) is 24.8. The molecule has 2 heterocycles. The van der Waals surface area contributed by atoms with Crippen LogP contribution in [0.3, 0.4) is 0 Å². The lowest BCUT2D eigenvalue weighted by Crippen LogP contribution is -2.55. The predicted octanol–water partition coefficient (Wildman–Crippen LogP) is 4.35. The van der Waals surface area contributed by atoms with Crippen LogP contribution in [0.1, 0.15) is 63.5 Å². The third kappa shape index (κ3) is 6.17. The van der Waals surface area contributed by atoms with Gasteiger partial charge in [0, 0.05) is 18.8 Å². The summed E-state index contributed by atoms with van der Waals surface area (Å²) < 4.78 is 19.0. The first-order valence-corrected chi connectivity index (χ1v) is 12.6. The Morgan fingerprint density at radius 1 is 1.09 bits per heavy atom. The molecule has 0 radical (unpaired) electrons. The highest BCUT2D eigenvalue weighted by Gasteiger charge is 2.39. The molecule has 4 rings (SSSR count). The maximum Gasteiger partial charge on any atom is 0.245 e.